The molecule has 0 saturated carbocycles. The smallest absolute Gasteiger partial charge is 0.251 e. The molecule has 0 radical (unpaired) electrons. The van der Waals surface area contributed by atoms with Gasteiger partial charge in [-0.2, -0.15) is 0 Å². The molecule has 5 heteroatoms. The van der Waals surface area contributed by atoms with E-state index in [-0.39, 0.29) is 12.7 Å². The van der Waals surface area contributed by atoms with Crippen LogP contribution in [0.5, 0.6) is 17.2 Å². The van der Waals surface area contributed by atoms with Gasteiger partial charge in [0.2, 0.25) is 6.79 Å². The summed E-state index contributed by atoms with van der Waals surface area (Å²) in [5.74, 6) is 1.83. The zero-order chi connectivity index (χ0) is 15.5. The van der Waals surface area contributed by atoms with Crippen LogP contribution in [0.3, 0.4) is 0 Å². The third-order valence-corrected chi connectivity index (χ3v) is 3.49. The summed E-state index contributed by atoms with van der Waals surface area (Å²) in [5, 5.41) is 2.83. The maximum absolute atomic E-state index is 12.3. The number of rotatable bonds is 4. The second-order valence-corrected chi connectivity index (χ2v) is 4.81. The second-order valence-electron chi connectivity index (χ2n) is 4.81. The maximum Gasteiger partial charge on any atom is 0.251 e. The van der Waals surface area contributed by atoms with Crippen LogP contribution in [-0.2, 0) is 0 Å². The Morgan fingerprint density at radius 1 is 1.18 bits per heavy atom. The molecule has 1 aliphatic heterocycles. The molecule has 0 bridgehead atoms. The number of hydrogen-bond donors (Lipinski definition) is 1. The number of benzene rings is 2. The van der Waals surface area contributed by atoms with Crippen LogP contribution in [-0.4, -0.2) is 26.4 Å². The van der Waals surface area contributed by atoms with Crippen LogP contribution < -0.4 is 19.5 Å². The van der Waals surface area contributed by atoms with Crippen molar-refractivity contribution in [3.8, 4) is 28.4 Å². The molecule has 1 heterocycles. The molecule has 0 atom stereocenters. The van der Waals surface area contributed by atoms with Gasteiger partial charge in [-0.15, -0.1) is 0 Å². The molecule has 0 saturated heterocycles. The number of amides is 1. The Bertz CT molecular complexity index is 712. The van der Waals surface area contributed by atoms with Gasteiger partial charge in [-0.05, 0) is 24.6 Å². The minimum absolute atomic E-state index is 0.113. The van der Waals surface area contributed by atoms with E-state index in [1.54, 1.807) is 19.2 Å². The minimum atomic E-state index is -0.113. The predicted molar refractivity (Wildman–Crippen MR) is 82.6 cm³/mol. The Hall–Kier alpha value is -2.69. The fraction of sp³-hybridized carbons (Fsp3) is 0.235. The molecule has 114 valence electrons. The van der Waals surface area contributed by atoms with E-state index < -0.39 is 0 Å². The first kappa shape index (κ1) is 14.3. The molecule has 0 unspecified atom stereocenters. The average molecular weight is 299 g/mol. The Morgan fingerprint density at radius 2 is 1.91 bits per heavy atom. The quantitative estimate of drug-likeness (QED) is 0.943. The van der Waals surface area contributed by atoms with Crippen LogP contribution in [0.15, 0.2) is 36.4 Å². The highest BCUT2D eigenvalue weighted by Gasteiger charge is 2.21. The van der Waals surface area contributed by atoms with Crippen molar-refractivity contribution in [1.29, 1.82) is 0 Å². The van der Waals surface area contributed by atoms with Gasteiger partial charge in [0, 0.05) is 23.7 Å². The molecular formula is C17H17NO4. The van der Waals surface area contributed by atoms with Gasteiger partial charge < -0.3 is 19.5 Å². The largest absolute Gasteiger partial charge is 0.496 e. The lowest BCUT2D eigenvalue weighted by Crippen LogP contribution is -2.23. The summed E-state index contributed by atoms with van der Waals surface area (Å²) in [7, 11) is 1.59. The fourth-order valence-corrected chi connectivity index (χ4v) is 2.47. The molecular weight excluding hydrogens is 282 g/mol. The van der Waals surface area contributed by atoms with Gasteiger partial charge >= 0.3 is 0 Å². The summed E-state index contributed by atoms with van der Waals surface area (Å²) < 4.78 is 16.2. The topological polar surface area (TPSA) is 56.8 Å². The SMILES string of the molecule is CCNC(=O)c1ccccc1-c1cc2c(cc1OC)OCO2. The van der Waals surface area contributed by atoms with E-state index in [1.807, 2.05) is 31.2 Å². The first-order valence-corrected chi connectivity index (χ1v) is 7.09. The number of carbonyl (C=O) groups is 1. The number of carbonyl (C=O) groups excluding carboxylic acids is 1. The van der Waals surface area contributed by atoms with Crippen LogP contribution in [0.1, 0.15) is 17.3 Å². The van der Waals surface area contributed by atoms with Gasteiger partial charge in [0.05, 0.1) is 7.11 Å². The van der Waals surface area contributed by atoms with Crippen molar-refractivity contribution in [2.75, 3.05) is 20.4 Å². The van der Waals surface area contributed by atoms with E-state index in [4.69, 9.17) is 14.2 Å². The monoisotopic (exact) mass is 299 g/mol. The summed E-state index contributed by atoms with van der Waals surface area (Å²) in [6, 6.07) is 11.1. The predicted octanol–water partition coefficient (Wildman–Crippen LogP) is 2.84. The van der Waals surface area contributed by atoms with Crippen LogP contribution >= 0.6 is 0 Å². The van der Waals surface area contributed by atoms with Crippen molar-refractivity contribution in [2.45, 2.75) is 6.92 Å². The zero-order valence-corrected chi connectivity index (χ0v) is 12.5. The van der Waals surface area contributed by atoms with Crippen molar-refractivity contribution in [3.63, 3.8) is 0 Å². The Kier molecular flexibility index (Phi) is 3.87. The van der Waals surface area contributed by atoms with E-state index in [0.717, 1.165) is 11.1 Å². The highest BCUT2D eigenvalue weighted by atomic mass is 16.7. The molecule has 0 spiro atoms. The standard InChI is InChI=1S/C17H17NO4/c1-3-18-17(19)12-7-5-4-6-11(12)13-8-15-16(22-10-21-15)9-14(13)20-2/h4-9H,3,10H2,1-2H3,(H,18,19). The third-order valence-electron chi connectivity index (χ3n) is 3.49. The van der Waals surface area contributed by atoms with E-state index in [1.165, 1.54) is 0 Å². The van der Waals surface area contributed by atoms with Gasteiger partial charge in [-0.25, -0.2) is 0 Å². The van der Waals surface area contributed by atoms with Crippen molar-refractivity contribution < 1.29 is 19.0 Å². The van der Waals surface area contributed by atoms with Crippen molar-refractivity contribution in [2.24, 2.45) is 0 Å². The van der Waals surface area contributed by atoms with Gasteiger partial charge in [-0.1, -0.05) is 18.2 Å². The molecule has 1 N–H and O–H groups in total. The Balaban J connectivity index is 2.14. The molecule has 0 aromatic heterocycles. The fourth-order valence-electron chi connectivity index (χ4n) is 2.47. The summed E-state index contributed by atoms with van der Waals surface area (Å²) in [6.45, 7) is 2.66. The van der Waals surface area contributed by atoms with Crippen LogP contribution in [0, 0.1) is 0 Å². The molecule has 3 rings (SSSR count). The lowest BCUT2D eigenvalue weighted by molar-refractivity contribution is 0.0956. The normalized spacial score (nSPS) is 12.1. The molecule has 0 aliphatic carbocycles. The van der Waals surface area contributed by atoms with Crippen molar-refractivity contribution in [3.05, 3.63) is 42.0 Å². The molecule has 22 heavy (non-hydrogen) atoms. The summed E-state index contributed by atoms with van der Waals surface area (Å²) in [4.78, 5) is 12.3. The first-order valence-electron chi connectivity index (χ1n) is 7.09. The van der Waals surface area contributed by atoms with Gasteiger partial charge in [0.1, 0.15) is 5.75 Å². The average Bonchev–Trinajstić information content (AvgIpc) is 3.01. The number of nitrogens with one attached hydrogen (secondary N) is 1. The van der Waals surface area contributed by atoms with Crippen molar-refractivity contribution >= 4 is 5.91 Å². The summed E-state index contributed by atoms with van der Waals surface area (Å²) in [6.07, 6.45) is 0. The first-order chi connectivity index (χ1) is 10.7. The molecule has 2 aromatic carbocycles. The van der Waals surface area contributed by atoms with E-state index in [9.17, 15) is 4.79 Å². The zero-order valence-electron chi connectivity index (χ0n) is 12.5. The van der Waals surface area contributed by atoms with Crippen molar-refractivity contribution in [1.82, 2.24) is 5.32 Å². The molecule has 5 nitrogen and oxygen atoms in total. The minimum Gasteiger partial charge on any atom is -0.496 e. The lowest BCUT2D eigenvalue weighted by Gasteiger charge is -2.13. The van der Waals surface area contributed by atoms with E-state index in [2.05, 4.69) is 5.32 Å². The van der Waals surface area contributed by atoms with Gasteiger partial charge in [-0.3, -0.25) is 4.79 Å². The highest BCUT2D eigenvalue weighted by Crippen LogP contribution is 2.43. The number of fused-ring (bicyclic) bond motifs is 1. The Morgan fingerprint density at radius 3 is 2.64 bits per heavy atom. The van der Waals surface area contributed by atoms with E-state index in [0.29, 0.717) is 29.4 Å². The Labute approximate surface area is 128 Å². The van der Waals surface area contributed by atoms with Gasteiger partial charge in [0.25, 0.3) is 5.91 Å². The highest BCUT2D eigenvalue weighted by molar-refractivity contribution is 6.01. The summed E-state index contributed by atoms with van der Waals surface area (Å²) >= 11 is 0. The lowest BCUT2D eigenvalue weighted by atomic mass is 9.97. The van der Waals surface area contributed by atoms with Crippen LogP contribution in [0.25, 0.3) is 11.1 Å². The second kappa shape index (κ2) is 5.97. The van der Waals surface area contributed by atoms with Gasteiger partial charge in [0.15, 0.2) is 11.5 Å². The number of ether oxygens (including phenoxy) is 3. The molecule has 0 fully saturated rings. The van der Waals surface area contributed by atoms with E-state index >= 15 is 0 Å². The number of methoxy groups -OCH3 is 1. The molecule has 1 aliphatic rings. The third kappa shape index (κ3) is 2.45. The van der Waals surface area contributed by atoms with Crippen LogP contribution in [0.2, 0.25) is 0 Å². The summed E-state index contributed by atoms with van der Waals surface area (Å²) in [5.41, 5.74) is 2.19. The van der Waals surface area contributed by atoms with Crippen LogP contribution in [0.4, 0.5) is 0 Å². The maximum atomic E-state index is 12.3. The number of hydrogen-bond acceptors (Lipinski definition) is 4. The molecule has 1 amide bonds. The molecule has 2 aromatic rings.